The number of rotatable bonds is 12. The number of pyridine rings is 2. The van der Waals surface area contributed by atoms with Crippen LogP contribution >= 0.6 is 23.2 Å². The van der Waals surface area contributed by atoms with Crippen molar-refractivity contribution in [2.75, 3.05) is 86.0 Å². The zero-order chi connectivity index (χ0) is 49.9. The van der Waals surface area contributed by atoms with Gasteiger partial charge in [-0.05, 0) is 86.6 Å². The lowest BCUT2D eigenvalue weighted by molar-refractivity contribution is 0.103. The van der Waals surface area contributed by atoms with E-state index in [-0.39, 0.29) is 29.3 Å². The molecule has 0 bridgehead atoms. The van der Waals surface area contributed by atoms with Crippen LogP contribution in [-0.2, 0) is 9.47 Å². The van der Waals surface area contributed by atoms with Gasteiger partial charge in [0.05, 0.1) is 29.6 Å². The van der Waals surface area contributed by atoms with Gasteiger partial charge in [0.25, 0.3) is 0 Å². The van der Waals surface area contributed by atoms with E-state index in [1.165, 1.54) is 30.6 Å². The number of aromatic nitrogens is 2. The fraction of sp³-hybridized carbons (Fsp3) is 0.260. The Labute approximate surface area is 411 Å². The van der Waals surface area contributed by atoms with Crippen LogP contribution in [0.4, 0.5) is 61.5 Å². The molecule has 2 fully saturated rings. The highest BCUT2D eigenvalue weighted by Gasteiger charge is 2.25. The first-order valence-electron chi connectivity index (χ1n) is 22.2. The minimum absolute atomic E-state index is 0.0692. The number of nitrogens with one attached hydrogen (secondary N) is 2. The van der Waals surface area contributed by atoms with Gasteiger partial charge in [-0.1, -0.05) is 35.3 Å². The summed E-state index contributed by atoms with van der Waals surface area (Å²) in [6.07, 6.45) is 1.20. The number of piperazine rings is 2. The molecule has 20 heteroatoms. The number of hydrogen-bond donors (Lipinski definition) is 3. The van der Waals surface area contributed by atoms with Crippen LogP contribution in [0.5, 0.6) is 0 Å². The van der Waals surface area contributed by atoms with Crippen LogP contribution in [0.15, 0.2) is 109 Å². The third-order valence-corrected chi connectivity index (χ3v) is 12.0. The molecular weight excluding hydrogens is 955 g/mol. The van der Waals surface area contributed by atoms with E-state index >= 15 is 0 Å². The number of halogens is 6. The van der Waals surface area contributed by atoms with Crippen molar-refractivity contribution in [3.8, 4) is 0 Å². The van der Waals surface area contributed by atoms with Crippen LogP contribution in [0.2, 0.25) is 10.0 Å². The largest absolute Gasteiger partial charge is 0.450 e. The third kappa shape index (κ3) is 12.7. The van der Waals surface area contributed by atoms with Crippen molar-refractivity contribution in [2.24, 2.45) is 0 Å². The maximum atomic E-state index is 13.9. The molecule has 4 aromatic carbocycles. The summed E-state index contributed by atoms with van der Waals surface area (Å²) in [4.78, 5) is 52.7. The van der Waals surface area contributed by atoms with Gasteiger partial charge < -0.3 is 44.8 Å². The minimum atomic E-state index is -1.01. The Morgan fingerprint density at radius 2 is 1.10 bits per heavy atom. The summed E-state index contributed by atoms with van der Waals surface area (Å²) in [5.41, 5.74) is 3.58. The average molecular weight is 1000 g/mol. The molecule has 6 aromatic rings. The molecule has 8 rings (SSSR count). The summed E-state index contributed by atoms with van der Waals surface area (Å²) in [5, 5.41) is 17.1. The van der Waals surface area contributed by atoms with Crippen molar-refractivity contribution in [1.82, 2.24) is 19.8 Å². The van der Waals surface area contributed by atoms with E-state index in [4.69, 9.17) is 32.7 Å². The van der Waals surface area contributed by atoms with Crippen LogP contribution in [0.1, 0.15) is 47.0 Å². The SMILES string of the molecule is CCOC(=O)N1CCN(c2ccc(C(=O)c3ccc(Nc4ccc(F)cc4F)nc3)c(Cl)c2)CC1.CCOC(=O)N1CCN(c2ccc(C(O)c3ccc(Nc4ccc(F)cc4F)nc3)c(Cl)c2)CC1. The number of benzene rings is 4. The van der Waals surface area contributed by atoms with Gasteiger partial charge in [0.1, 0.15) is 41.0 Å². The lowest BCUT2D eigenvalue weighted by atomic mass is 10.0. The van der Waals surface area contributed by atoms with E-state index in [0.717, 1.165) is 35.6 Å². The Morgan fingerprint density at radius 1 is 0.614 bits per heavy atom. The summed E-state index contributed by atoms with van der Waals surface area (Å²) in [7, 11) is 0. The highest BCUT2D eigenvalue weighted by atomic mass is 35.5. The minimum Gasteiger partial charge on any atom is -0.450 e. The van der Waals surface area contributed by atoms with Gasteiger partial charge in [-0.25, -0.2) is 37.1 Å². The molecule has 4 heterocycles. The molecule has 14 nitrogen and oxygen atoms in total. The van der Waals surface area contributed by atoms with Crippen molar-refractivity contribution in [1.29, 1.82) is 0 Å². The fourth-order valence-corrected chi connectivity index (χ4v) is 8.12. The van der Waals surface area contributed by atoms with Crippen molar-refractivity contribution in [2.45, 2.75) is 20.0 Å². The Morgan fingerprint density at radius 3 is 1.53 bits per heavy atom. The summed E-state index contributed by atoms with van der Waals surface area (Å²) < 4.78 is 63.9. The van der Waals surface area contributed by atoms with Crippen molar-refractivity contribution >= 4 is 75.6 Å². The lowest BCUT2D eigenvalue weighted by Crippen LogP contribution is -2.49. The molecule has 3 N–H and O–H groups in total. The van der Waals surface area contributed by atoms with Crippen LogP contribution in [0.25, 0.3) is 0 Å². The Kier molecular flexibility index (Phi) is 17.0. The number of amides is 2. The first-order valence-corrected chi connectivity index (χ1v) is 23.0. The summed E-state index contributed by atoms with van der Waals surface area (Å²) in [6.45, 7) is 8.93. The van der Waals surface area contributed by atoms with Gasteiger partial charge in [0, 0.05) is 116 Å². The Balaban J connectivity index is 0.000000206. The van der Waals surface area contributed by atoms with Crippen molar-refractivity contribution < 1.29 is 46.5 Å². The standard InChI is InChI=1S/C25H25ClF2N4O3.C25H23ClF2N4O3/c2*1-2-35-25(34)32-11-9-31(10-12-32)18-5-6-19(20(26)14-18)24(33)16-3-8-23(29-15-16)30-22-7-4-17(27)13-21(22)28/h3-8,13-15,24,33H,2,9-12H2,1H3,(H,29,30);3-8,13-15H,2,9-12H2,1H3,(H,29,30). The monoisotopic (exact) mass is 1000 g/mol. The zero-order valence-electron chi connectivity index (χ0n) is 38.0. The summed E-state index contributed by atoms with van der Waals surface area (Å²) in [5.74, 6) is -2.48. The number of carbonyl (C=O) groups is 3. The van der Waals surface area contributed by atoms with Gasteiger partial charge in [0.15, 0.2) is 5.78 Å². The molecule has 2 aromatic heterocycles. The number of ether oxygens (including phenoxy) is 2. The second kappa shape index (κ2) is 23.4. The van der Waals surface area contributed by atoms with Crippen molar-refractivity contribution in [3.05, 3.63) is 165 Å². The molecule has 2 aliphatic rings. The first kappa shape index (κ1) is 50.7. The number of hydrogen-bond acceptors (Lipinski definition) is 12. The van der Waals surface area contributed by atoms with E-state index in [1.54, 1.807) is 66.1 Å². The normalized spacial score (nSPS) is 14.0. The van der Waals surface area contributed by atoms with Crippen LogP contribution in [-0.4, -0.2) is 108 Å². The van der Waals surface area contributed by atoms with Gasteiger partial charge in [0.2, 0.25) is 0 Å². The number of anilines is 6. The average Bonchev–Trinajstić information content (AvgIpc) is 3.36. The molecule has 2 saturated heterocycles. The van der Waals surface area contributed by atoms with E-state index in [0.29, 0.717) is 110 Å². The topological polar surface area (TPSA) is 153 Å². The molecule has 0 aliphatic carbocycles. The lowest BCUT2D eigenvalue weighted by Gasteiger charge is -2.35. The van der Waals surface area contributed by atoms with E-state index in [9.17, 15) is 37.1 Å². The van der Waals surface area contributed by atoms with Crippen LogP contribution in [0, 0.1) is 23.3 Å². The zero-order valence-corrected chi connectivity index (χ0v) is 39.5. The first-order chi connectivity index (χ1) is 33.7. The maximum Gasteiger partial charge on any atom is 0.409 e. The quantitative estimate of drug-likeness (QED) is 0.0790. The highest BCUT2D eigenvalue weighted by Crippen LogP contribution is 2.33. The molecule has 2 aliphatic heterocycles. The van der Waals surface area contributed by atoms with E-state index in [2.05, 4.69) is 30.4 Å². The molecule has 0 saturated carbocycles. The van der Waals surface area contributed by atoms with Gasteiger partial charge in [-0.2, -0.15) is 0 Å². The molecule has 1 unspecified atom stereocenters. The van der Waals surface area contributed by atoms with E-state index < -0.39 is 29.4 Å². The Hall–Kier alpha value is -7.15. The number of aliphatic hydroxyl groups is 1. The molecular formula is C50H48Cl2F4N8O6. The van der Waals surface area contributed by atoms with Crippen LogP contribution < -0.4 is 20.4 Å². The predicted octanol–water partition coefficient (Wildman–Crippen LogP) is 10.4. The van der Waals surface area contributed by atoms with Gasteiger partial charge in [-0.3, -0.25) is 4.79 Å². The number of nitrogens with zero attached hydrogens (tertiary/aromatic N) is 6. The molecule has 1 atom stereocenters. The molecule has 2 amide bonds. The second-order valence-electron chi connectivity index (χ2n) is 15.9. The number of ketones is 1. The summed E-state index contributed by atoms with van der Waals surface area (Å²) >= 11 is 13.0. The van der Waals surface area contributed by atoms with Gasteiger partial charge in [-0.15, -0.1) is 0 Å². The highest BCUT2D eigenvalue weighted by molar-refractivity contribution is 6.35. The summed E-state index contributed by atoms with van der Waals surface area (Å²) in [6, 6.07) is 23.4. The molecule has 0 radical (unpaired) electrons. The maximum absolute atomic E-state index is 13.9. The molecule has 70 heavy (non-hydrogen) atoms. The molecule has 0 spiro atoms. The smallest absolute Gasteiger partial charge is 0.409 e. The van der Waals surface area contributed by atoms with E-state index in [1.807, 2.05) is 12.1 Å². The number of aliphatic hydroxyl groups excluding tert-OH is 1. The predicted molar refractivity (Wildman–Crippen MR) is 260 cm³/mol. The second-order valence-corrected chi connectivity index (χ2v) is 16.7. The van der Waals surface area contributed by atoms with Crippen molar-refractivity contribution in [3.63, 3.8) is 0 Å². The number of carbonyl (C=O) groups excluding carboxylic acids is 3. The molecule has 366 valence electrons. The van der Waals surface area contributed by atoms with Gasteiger partial charge >= 0.3 is 12.2 Å². The third-order valence-electron chi connectivity index (χ3n) is 11.3. The van der Waals surface area contributed by atoms with Crippen LogP contribution in [0.3, 0.4) is 0 Å². The Bertz CT molecular complexity index is 2800. The fourth-order valence-electron chi connectivity index (χ4n) is 7.58.